The number of nitrogens with one attached hydrogen (secondary N) is 1. The van der Waals surface area contributed by atoms with E-state index < -0.39 is 0 Å². The van der Waals surface area contributed by atoms with Gasteiger partial charge in [0.05, 0.1) is 25.0 Å². The zero-order valence-corrected chi connectivity index (χ0v) is 12.4. The van der Waals surface area contributed by atoms with Gasteiger partial charge in [0.15, 0.2) is 0 Å². The Labute approximate surface area is 123 Å². The maximum absolute atomic E-state index is 12.1. The molecule has 1 saturated heterocycles. The van der Waals surface area contributed by atoms with Crippen LogP contribution in [0.5, 0.6) is 0 Å². The Kier molecular flexibility index (Phi) is 5.39. The summed E-state index contributed by atoms with van der Waals surface area (Å²) in [5, 5.41) is 16.5. The fraction of sp³-hybridized carbons (Fsp3) is 0.692. The van der Waals surface area contributed by atoms with Crippen molar-refractivity contribution in [2.24, 2.45) is 0 Å². The molecule has 112 valence electrons. The standard InChI is InChI=1S/C13H21ClN4O2/c1-2-5-17(10-3-4-15-8-10)11-9-16-18(6-7-19)13(20)12(11)14/h9-10,15,19H,2-8H2,1H3. The molecule has 0 radical (unpaired) electrons. The third kappa shape index (κ3) is 3.13. The van der Waals surface area contributed by atoms with Crippen molar-refractivity contribution < 1.29 is 5.11 Å². The van der Waals surface area contributed by atoms with Crippen LogP contribution in [0, 0.1) is 0 Å². The molecule has 2 rings (SSSR count). The van der Waals surface area contributed by atoms with E-state index in [-0.39, 0.29) is 23.7 Å². The van der Waals surface area contributed by atoms with Gasteiger partial charge in [-0.1, -0.05) is 18.5 Å². The summed E-state index contributed by atoms with van der Waals surface area (Å²) in [6, 6.07) is 0.349. The monoisotopic (exact) mass is 300 g/mol. The average Bonchev–Trinajstić information content (AvgIpc) is 2.96. The molecular formula is C13H21ClN4O2. The highest BCUT2D eigenvalue weighted by Crippen LogP contribution is 2.25. The van der Waals surface area contributed by atoms with Gasteiger partial charge in [-0.15, -0.1) is 0 Å². The van der Waals surface area contributed by atoms with Gasteiger partial charge < -0.3 is 15.3 Å². The predicted molar refractivity (Wildman–Crippen MR) is 79.5 cm³/mol. The minimum atomic E-state index is -0.342. The van der Waals surface area contributed by atoms with Gasteiger partial charge in [-0.3, -0.25) is 4.79 Å². The molecule has 0 saturated carbocycles. The Morgan fingerprint density at radius 1 is 1.65 bits per heavy atom. The lowest BCUT2D eigenvalue weighted by Gasteiger charge is -2.30. The third-order valence-corrected chi connectivity index (χ3v) is 3.88. The zero-order valence-electron chi connectivity index (χ0n) is 11.7. The Morgan fingerprint density at radius 3 is 3.05 bits per heavy atom. The molecule has 2 N–H and O–H groups in total. The van der Waals surface area contributed by atoms with Gasteiger partial charge in [-0.2, -0.15) is 5.10 Å². The van der Waals surface area contributed by atoms with Crippen LogP contribution in [0.25, 0.3) is 0 Å². The molecule has 0 spiro atoms. The van der Waals surface area contributed by atoms with Gasteiger partial charge in [0.2, 0.25) is 0 Å². The van der Waals surface area contributed by atoms with Crippen LogP contribution in [-0.2, 0) is 6.54 Å². The number of aliphatic hydroxyl groups excluding tert-OH is 1. The summed E-state index contributed by atoms with van der Waals surface area (Å²) < 4.78 is 1.20. The molecule has 0 aromatic carbocycles. The Bertz CT molecular complexity index is 500. The van der Waals surface area contributed by atoms with Crippen LogP contribution in [-0.4, -0.2) is 47.2 Å². The van der Waals surface area contributed by atoms with Crippen molar-refractivity contribution in [3.05, 3.63) is 21.6 Å². The summed E-state index contributed by atoms with van der Waals surface area (Å²) >= 11 is 6.23. The number of nitrogens with zero attached hydrogens (tertiary/aromatic N) is 3. The zero-order chi connectivity index (χ0) is 14.5. The first-order chi connectivity index (χ1) is 9.69. The minimum absolute atomic E-state index is 0.131. The molecule has 7 heteroatoms. The largest absolute Gasteiger partial charge is 0.394 e. The lowest BCUT2D eigenvalue weighted by molar-refractivity contribution is 0.266. The number of rotatable bonds is 6. The Balaban J connectivity index is 2.33. The van der Waals surface area contributed by atoms with E-state index in [1.807, 2.05) is 0 Å². The average molecular weight is 301 g/mol. The predicted octanol–water partition coefficient (Wildman–Crippen LogP) is 0.467. The van der Waals surface area contributed by atoms with Crippen molar-refractivity contribution in [3.8, 4) is 0 Å². The molecule has 1 aliphatic rings. The summed E-state index contributed by atoms with van der Waals surface area (Å²) in [6.07, 6.45) is 3.65. The van der Waals surface area contributed by atoms with Gasteiger partial charge in [0.1, 0.15) is 5.02 Å². The van der Waals surface area contributed by atoms with E-state index in [9.17, 15) is 4.79 Å². The first kappa shape index (κ1) is 15.3. The van der Waals surface area contributed by atoms with Crippen LogP contribution >= 0.6 is 11.6 Å². The number of aliphatic hydroxyl groups is 1. The summed E-state index contributed by atoms with van der Waals surface area (Å²) in [4.78, 5) is 14.3. The number of aromatic nitrogens is 2. The topological polar surface area (TPSA) is 70.4 Å². The van der Waals surface area contributed by atoms with Crippen LogP contribution in [0.2, 0.25) is 5.02 Å². The highest BCUT2D eigenvalue weighted by atomic mass is 35.5. The second kappa shape index (κ2) is 7.06. The van der Waals surface area contributed by atoms with Gasteiger partial charge >= 0.3 is 0 Å². The molecule has 1 fully saturated rings. The number of hydrogen-bond acceptors (Lipinski definition) is 5. The second-order valence-electron chi connectivity index (χ2n) is 4.94. The van der Waals surface area contributed by atoms with Gasteiger partial charge in [-0.25, -0.2) is 4.68 Å². The molecule has 0 aliphatic carbocycles. The van der Waals surface area contributed by atoms with Crippen LogP contribution in [0.15, 0.2) is 11.0 Å². The maximum atomic E-state index is 12.1. The van der Waals surface area contributed by atoms with E-state index in [0.717, 1.165) is 32.5 Å². The number of halogens is 1. The smallest absolute Gasteiger partial charge is 0.287 e. The number of hydrogen-bond donors (Lipinski definition) is 2. The van der Waals surface area contributed by atoms with Gasteiger partial charge in [0, 0.05) is 19.1 Å². The number of anilines is 1. The van der Waals surface area contributed by atoms with Crippen LogP contribution in [0.1, 0.15) is 19.8 Å². The van der Waals surface area contributed by atoms with Crippen molar-refractivity contribution in [3.63, 3.8) is 0 Å². The quantitative estimate of drug-likeness (QED) is 0.799. The molecule has 0 amide bonds. The van der Waals surface area contributed by atoms with Gasteiger partial charge in [0.25, 0.3) is 5.56 Å². The van der Waals surface area contributed by atoms with Crippen molar-refractivity contribution in [2.75, 3.05) is 31.1 Å². The summed E-state index contributed by atoms with van der Waals surface area (Å²) in [5.41, 5.74) is 0.353. The lowest BCUT2D eigenvalue weighted by atomic mass is 10.2. The van der Waals surface area contributed by atoms with Crippen molar-refractivity contribution >= 4 is 17.3 Å². The summed E-state index contributed by atoms with van der Waals surface area (Å²) in [6.45, 7) is 4.86. The highest BCUT2D eigenvalue weighted by Gasteiger charge is 2.25. The second-order valence-corrected chi connectivity index (χ2v) is 5.31. The minimum Gasteiger partial charge on any atom is -0.394 e. The molecule has 1 aliphatic heterocycles. The van der Waals surface area contributed by atoms with E-state index >= 15 is 0 Å². The summed E-state index contributed by atoms with van der Waals surface area (Å²) in [7, 11) is 0. The fourth-order valence-corrected chi connectivity index (χ4v) is 2.81. The van der Waals surface area contributed by atoms with E-state index in [2.05, 4.69) is 22.2 Å². The maximum Gasteiger partial charge on any atom is 0.287 e. The highest BCUT2D eigenvalue weighted by molar-refractivity contribution is 6.33. The van der Waals surface area contributed by atoms with Crippen molar-refractivity contribution in [2.45, 2.75) is 32.4 Å². The molecule has 2 heterocycles. The SMILES string of the molecule is CCCN(c1cnn(CCO)c(=O)c1Cl)C1CCNC1. The fourth-order valence-electron chi connectivity index (χ4n) is 2.56. The molecule has 20 heavy (non-hydrogen) atoms. The van der Waals surface area contributed by atoms with Gasteiger partial charge in [-0.05, 0) is 19.4 Å². The molecular weight excluding hydrogens is 280 g/mol. The van der Waals surface area contributed by atoms with Crippen LogP contribution in [0.4, 0.5) is 5.69 Å². The molecule has 6 nitrogen and oxygen atoms in total. The normalized spacial score (nSPS) is 18.4. The van der Waals surface area contributed by atoms with Crippen LogP contribution < -0.4 is 15.8 Å². The van der Waals surface area contributed by atoms with Crippen molar-refractivity contribution in [1.29, 1.82) is 0 Å². The first-order valence-corrected chi connectivity index (χ1v) is 7.40. The molecule has 1 aromatic rings. The van der Waals surface area contributed by atoms with E-state index in [1.54, 1.807) is 6.20 Å². The van der Waals surface area contributed by atoms with E-state index in [1.165, 1.54) is 4.68 Å². The van der Waals surface area contributed by atoms with E-state index in [4.69, 9.17) is 16.7 Å². The third-order valence-electron chi connectivity index (χ3n) is 3.53. The van der Waals surface area contributed by atoms with Crippen molar-refractivity contribution in [1.82, 2.24) is 15.1 Å². The molecule has 0 bridgehead atoms. The molecule has 1 aromatic heterocycles. The molecule has 1 atom stereocenters. The first-order valence-electron chi connectivity index (χ1n) is 7.02. The van der Waals surface area contributed by atoms with Crippen LogP contribution in [0.3, 0.4) is 0 Å². The molecule has 1 unspecified atom stereocenters. The van der Waals surface area contributed by atoms with E-state index in [0.29, 0.717) is 11.7 Å². The summed E-state index contributed by atoms with van der Waals surface area (Å²) in [5.74, 6) is 0. The Morgan fingerprint density at radius 2 is 2.45 bits per heavy atom. The lowest BCUT2D eigenvalue weighted by Crippen LogP contribution is -2.39. The Hall–Kier alpha value is -1.11.